The first-order valence-electron chi connectivity index (χ1n) is 13.9. The number of nitrogens with zero attached hydrogens (tertiary/aromatic N) is 2. The third-order valence-electron chi connectivity index (χ3n) is 7.44. The predicted octanol–water partition coefficient (Wildman–Crippen LogP) is 6.33. The molecule has 2 aromatic carbocycles. The van der Waals surface area contributed by atoms with Crippen LogP contribution in [0.1, 0.15) is 73.6 Å². The summed E-state index contributed by atoms with van der Waals surface area (Å²) in [7, 11) is 0. The number of ether oxygens (including phenoxy) is 1. The zero-order valence-corrected chi connectivity index (χ0v) is 24.6. The number of benzene rings is 2. The lowest BCUT2D eigenvalue weighted by molar-refractivity contribution is -0.160. The molecule has 1 aliphatic heterocycles. The number of anilines is 1. The van der Waals surface area contributed by atoms with Crippen molar-refractivity contribution in [3.63, 3.8) is 0 Å². The molecule has 212 valence electrons. The molecule has 0 aliphatic carbocycles. The van der Waals surface area contributed by atoms with Crippen molar-refractivity contribution in [2.45, 2.75) is 66.7 Å². The zero-order chi connectivity index (χ0) is 29.2. The smallest absolute Gasteiger partial charge is 0.337 e. The van der Waals surface area contributed by atoms with Crippen molar-refractivity contribution >= 4 is 17.6 Å². The second kappa shape index (κ2) is 11.8. The van der Waals surface area contributed by atoms with E-state index in [9.17, 15) is 14.7 Å². The summed E-state index contributed by atoms with van der Waals surface area (Å²) in [6.07, 6.45) is -1.16. The summed E-state index contributed by atoms with van der Waals surface area (Å²) in [5.74, 6) is -0.136. The Morgan fingerprint density at radius 1 is 1.02 bits per heavy atom. The number of hydrogen-bond donors (Lipinski definition) is 2. The Morgan fingerprint density at radius 2 is 1.65 bits per heavy atom. The molecule has 7 nitrogen and oxygen atoms in total. The molecular formula is C33H41N3O4. The number of amides is 1. The SMILES string of the molecule is Cc1nc(C)c([C@H](OC(C)(C)C)C(=O)O)c(N2CC(C(C)C)C2)c1-c1ccc(C(=O)NCc2ccccc2)cc1. The molecule has 1 amide bonds. The van der Waals surface area contributed by atoms with Crippen molar-refractivity contribution in [1.29, 1.82) is 0 Å². The molecule has 0 spiro atoms. The molecule has 3 aromatic rings. The van der Waals surface area contributed by atoms with Crippen LogP contribution >= 0.6 is 0 Å². The van der Waals surface area contributed by atoms with E-state index in [4.69, 9.17) is 9.72 Å². The molecule has 4 rings (SSSR count). The van der Waals surface area contributed by atoms with Gasteiger partial charge in [0, 0.05) is 47.7 Å². The Hall–Kier alpha value is -3.71. The van der Waals surface area contributed by atoms with Gasteiger partial charge >= 0.3 is 5.97 Å². The molecule has 1 aromatic heterocycles. The average molecular weight is 544 g/mol. The van der Waals surface area contributed by atoms with Gasteiger partial charge in [-0.1, -0.05) is 56.3 Å². The topological polar surface area (TPSA) is 91.8 Å². The molecule has 1 aliphatic rings. The van der Waals surface area contributed by atoms with Gasteiger partial charge in [-0.05, 0) is 69.7 Å². The Morgan fingerprint density at radius 3 is 2.20 bits per heavy atom. The molecule has 1 atom stereocenters. The zero-order valence-electron chi connectivity index (χ0n) is 24.6. The van der Waals surface area contributed by atoms with Crippen LogP contribution in [0, 0.1) is 25.7 Å². The van der Waals surface area contributed by atoms with Crippen LogP contribution < -0.4 is 10.2 Å². The minimum absolute atomic E-state index is 0.151. The van der Waals surface area contributed by atoms with E-state index in [2.05, 4.69) is 24.1 Å². The second-order valence-corrected chi connectivity index (χ2v) is 12.0. The van der Waals surface area contributed by atoms with Gasteiger partial charge in [-0.25, -0.2) is 4.79 Å². The largest absolute Gasteiger partial charge is 0.479 e. The molecule has 1 fully saturated rings. The van der Waals surface area contributed by atoms with Gasteiger partial charge in [-0.2, -0.15) is 0 Å². The van der Waals surface area contributed by atoms with Gasteiger partial charge in [0.05, 0.1) is 11.3 Å². The number of carboxylic acids is 1. The van der Waals surface area contributed by atoms with E-state index in [1.807, 2.05) is 89.2 Å². The van der Waals surface area contributed by atoms with Crippen LogP contribution in [0.15, 0.2) is 54.6 Å². The van der Waals surface area contributed by atoms with Gasteiger partial charge in [0.1, 0.15) is 0 Å². The number of aryl methyl sites for hydroxylation is 2. The molecule has 1 saturated heterocycles. The number of nitrogens with one attached hydrogen (secondary N) is 1. The molecule has 0 bridgehead atoms. The summed E-state index contributed by atoms with van der Waals surface area (Å²) in [5.41, 5.74) is 5.60. The van der Waals surface area contributed by atoms with Crippen LogP contribution in [0.3, 0.4) is 0 Å². The van der Waals surface area contributed by atoms with Gasteiger partial charge in [0.25, 0.3) is 5.91 Å². The van der Waals surface area contributed by atoms with Crippen molar-refractivity contribution in [3.8, 4) is 11.1 Å². The van der Waals surface area contributed by atoms with Crippen LogP contribution in [0.2, 0.25) is 0 Å². The number of carboxylic acid groups (broad SMARTS) is 1. The maximum Gasteiger partial charge on any atom is 0.337 e. The maximum absolute atomic E-state index is 12.8. The molecular weight excluding hydrogens is 502 g/mol. The van der Waals surface area contributed by atoms with Crippen LogP contribution in [-0.2, 0) is 16.1 Å². The number of aromatic nitrogens is 1. The number of rotatable bonds is 9. The van der Waals surface area contributed by atoms with Crippen LogP contribution in [-0.4, -0.2) is 40.7 Å². The number of carbonyl (C=O) groups is 2. The number of hydrogen-bond acceptors (Lipinski definition) is 5. The summed E-state index contributed by atoms with van der Waals surface area (Å²) < 4.78 is 6.13. The molecule has 0 unspecified atom stereocenters. The first-order valence-corrected chi connectivity index (χ1v) is 13.9. The second-order valence-electron chi connectivity index (χ2n) is 12.0. The molecule has 0 saturated carbocycles. The van der Waals surface area contributed by atoms with Gasteiger partial charge in [-0.15, -0.1) is 0 Å². The van der Waals surface area contributed by atoms with Gasteiger partial charge in [0.15, 0.2) is 6.10 Å². The summed E-state index contributed by atoms with van der Waals surface area (Å²) >= 11 is 0. The van der Waals surface area contributed by atoms with Gasteiger partial charge in [0.2, 0.25) is 0 Å². The monoisotopic (exact) mass is 543 g/mol. The first kappa shape index (κ1) is 29.3. The Kier molecular flexibility index (Phi) is 8.64. The maximum atomic E-state index is 12.8. The van der Waals surface area contributed by atoms with Crippen LogP contribution in [0.5, 0.6) is 0 Å². The lowest BCUT2D eigenvalue weighted by atomic mass is 9.85. The van der Waals surface area contributed by atoms with E-state index < -0.39 is 17.7 Å². The number of pyridine rings is 1. The third-order valence-corrected chi connectivity index (χ3v) is 7.44. The first-order chi connectivity index (χ1) is 18.9. The van der Waals surface area contributed by atoms with Gasteiger partial charge in [-0.3, -0.25) is 9.78 Å². The van der Waals surface area contributed by atoms with E-state index in [1.54, 1.807) is 0 Å². The minimum Gasteiger partial charge on any atom is -0.479 e. The third kappa shape index (κ3) is 6.53. The highest BCUT2D eigenvalue weighted by molar-refractivity contribution is 5.95. The molecule has 2 heterocycles. The average Bonchev–Trinajstić information content (AvgIpc) is 2.85. The molecule has 2 N–H and O–H groups in total. The van der Waals surface area contributed by atoms with Crippen LogP contribution in [0.4, 0.5) is 5.69 Å². The summed E-state index contributed by atoms with van der Waals surface area (Å²) in [6.45, 7) is 16.0. The molecule has 7 heteroatoms. The van der Waals surface area contributed by atoms with Gasteiger partial charge < -0.3 is 20.1 Å². The van der Waals surface area contributed by atoms with Crippen molar-refractivity contribution < 1.29 is 19.4 Å². The van der Waals surface area contributed by atoms with E-state index >= 15 is 0 Å². The Balaban J connectivity index is 1.74. The van der Waals surface area contributed by atoms with Crippen molar-refractivity contribution in [2.75, 3.05) is 18.0 Å². The Bertz CT molecular complexity index is 1360. The van der Waals surface area contributed by atoms with Crippen molar-refractivity contribution in [3.05, 3.63) is 82.7 Å². The number of aliphatic carboxylic acids is 1. The Labute approximate surface area is 237 Å². The number of carbonyl (C=O) groups excluding carboxylic acids is 1. The fraction of sp³-hybridized carbons (Fsp3) is 0.424. The van der Waals surface area contributed by atoms with E-state index in [0.29, 0.717) is 35.2 Å². The standard InChI is InChI=1S/C33H41N3O4/c1-20(2)26-18-36(19-26)29-27(21(3)35-22(4)28(29)30(32(38)39)40-33(5,6)7)24-13-15-25(16-14-24)31(37)34-17-23-11-9-8-10-12-23/h8-16,20,26,30H,17-19H2,1-7H3,(H,34,37)(H,38,39)/t30-/m0/s1. The van der Waals surface area contributed by atoms with E-state index in [0.717, 1.165) is 41.2 Å². The highest BCUT2D eigenvalue weighted by Crippen LogP contribution is 2.45. The summed E-state index contributed by atoms with van der Waals surface area (Å²) in [4.78, 5) is 32.5. The summed E-state index contributed by atoms with van der Waals surface area (Å²) in [6, 6.07) is 17.3. The minimum atomic E-state index is -1.16. The fourth-order valence-electron chi connectivity index (χ4n) is 5.20. The highest BCUT2D eigenvalue weighted by atomic mass is 16.5. The van der Waals surface area contributed by atoms with Crippen LogP contribution in [0.25, 0.3) is 11.1 Å². The summed E-state index contributed by atoms with van der Waals surface area (Å²) in [5, 5.41) is 13.3. The van der Waals surface area contributed by atoms with E-state index in [1.165, 1.54) is 0 Å². The lowest BCUT2D eigenvalue weighted by Gasteiger charge is -2.46. The quantitative estimate of drug-likeness (QED) is 0.328. The highest BCUT2D eigenvalue weighted by Gasteiger charge is 2.38. The van der Waals surface area contributed by atoms with Crippen molar-refractivity contribution in [1.82, 2.24) is 10.3 Å². The lowest BCUT2D eigenvalue weighted by Crippen LogP contribution is -2.50. The molecule has 0 radical (unpaired) electrons. The van der Waals surface area contributed by atoms with E-state index in [-0.39, 0.29) is 5.91 Å². The predicted molar refractivity (Wildman–Crippen MR) is 159 cm³/mol. The van der Waals surface area contributed by atoms with Crippen molar-refractivity contribution in [2.24, 2.45) is 11.8 Å². The fourth-order valence-corrected chi connectivity index (χ4v) is 5.20. The normalized spacial score (nSPS) is 14.7. The molecule has 40 heavy (non-hydrogen) atoms.